The number of benzene rings is 3. The number of rotatable bonds is 4. The van der Waals surface area contributed by atoms with Gasteiger partial charge in [-0.05, 0) is 79.4 Å². The maximum atomic E-state index is 13.5. The summed E-state index contributed by atoms with van der Waals surface area (Å²) < 4.78 is 7.06. The van der Waals surface area contributed by atoms with E-state index in [2.05, 4.69) is 15.9 Å². The number of carbonyl (C=O) groups excluding carboxylic acids is 2. The third kappa shape index (κ3) is 4.00. The van der Waals surface area contributed by atoms with Crippen molar-refractivity contribution in [3.63, 3.8) is 0 Å². The molecule has 8 heteroatoms. The Morgan fingerprint density at radius 3 is 2.53 bits per heavy atom. The number of hydrogen-bond donors (Lipinski definition) is 1. The topological polar surface area (TPSA) is 79.7 Å². The van der Waals surface area contributed by atoms with Crippen LogP contribution in [0.1, 0.15) is 33.9 Å². The molecule has 2 heterocycles. The van der Waals surface area contributed by atoms with E-state index in [0.717, 1.165) is 31.4 Å². The summed E-state index contributed by atoms with van der Waals surface area (Å²) in [5.41, 5.74) is 4.82. The van der Waals surface area contributed by atoms with Gasteiger partial charge in [0.15, 0.2) is 5.13 Å². The number of aryl methyl sites for hydroxylation is 3. The Morgan fingerprint density at radius 2 is 1.83 bits per heavy atom. The lowest BCUT2D eigenvalue weighted by atomic mass is 9.95. The fraction of sp³-hybridized carbons (Fsp3) is 0.179. The lowest BCUT2D eigenvalue weighted by Gasteiger charge is -2.23. The molecule has 0 unspecified atom stereocenters. The van der Waals surface area contributed by atoms with Crippen LogP contribution in [0.5, 0.6) is 5.75 Å². The summed E-state index contributed by atoms with van der Waals surface area (Å²) >= 11 is 4.85. The summed E-state index contributed by atoms with van der Waals surface area (Å²) in [5.74, 6) is -1.05. The molecule has 4 aromatic rings. The van der Waals surface area contributed by atoms with Crippen molar-refractivity contribution in [1.82, 2.24) is 4.98 Å². The number of aliphatic hydroxyl groups excluding tert-OH is 1. The summed E-state index contributed by atoms with van der Waals surface area (Å²) in [7, 11) is 1.57. The fourth-order valence-corrected chi connectivity index (χ4v) is 6.25. The number of fused-ring (bicyclic) bond motifs is 1. The van der Waals surface area contributed by atoms with E-state index in [1.165, 1.54) is 16.2 Å². The van der Waals surface area contributed by atoms with Crippen LogP contribution in [0.2, 0.25) is 0 Å². The predicted molar refractivity (Wildman–Crippen MR) is 146 cm³/mol. The molecule has 0 bridgehead atoms. The number of ether oxygens (including phenoxy) is 1. The number of methoxy groups -OCH3 is 1. The minimum Gasteiger partial charge on any atom is -0.507 e. The first-order valence-electron chi connectivity index (χ1n) is 11.3. The lowest BCUT2D eigenvalue weighted by Crippen LogP contribution is -2.29. The molecule has 1 aromatic heterocycles. The normalized spacial score (nSPS) is 17.2. The number of aliphatic hydroxyl groups is 1. The average Bonchev–Trinajstić information content (AvgIpc) is 3.37. The minimum atomic E-state index is -0.841. The molecular weight excluding hydrogens is 540 g/mol. The molecular formula is C28H23BrN2O4S. The summed E-state index contributed by atoms with van der Waals surface area (Å²) in [6, 6.07) is 15.8. The molecule has 6 nitrogen and oxygen atoms in total. The van der Waals surface area contributed by atoms with Gasteiger partial charge in [-0.1, -0.05) is 45.5 Å². The van der Waals surface area contributed by atoms with E-state index in [1.54, 1.807) is 25.3 Å². The van der Waals surface area contributed by atoms with E-state index in [0.29, 0.717) is 22.0 Å². The third-order valence-electron chi connectivity index (χ3n) is 6.30. The highest BCUT2D eigenvalue weighted by molar-refractivity contribution is 9.10. The molecule has 1 aliphatic heterocycles. The highest BCUT2D eigenvalue weighted by Crippen LogP contribution is 2.45. The van der Waals surface area contributed by atoms with Crippen molar-refractivity contribution in [3.8, 4) is 5.75 Å². The van der Waals surface area contributed by atoms with Crippen LogP contribution in [0.15, 0.2) is 64.6 Å². The maximum absolute atomic E-state index is 13.5. The number of carbonyl (C=O) groups is 2. The number of ketones is 1. The Hall–Kier alpha value is -3.49. The number of thiazole rings is 1. The maximum Gasteiger partial charge on any atom is 0.301 e. The molecule has 1 amide bonds. The van der Waals surface area contributed by atoms with Gasteiger partial charge in [-0.25, -0.2) is 4.98 Å². The second-order valence-corrected chi connectivity index (χ2v) is 10.8. The zero-order valence-corrected chi connectivity index (χ0v) is 22.5. The number of nitrogens with zero attached hydrogens (tertiary/aromatic N) is 2. The minimum absolute atomic E-state index is 0.0230. The van der Waals surface area contributed by atoms with Gasteiger partial charge in [-0.2, -0.15) is 0 Å². The van der Waals surface area contributed by atoms with E-state index >= 15 is 0 Å². The van der Waals surface area contributed by atoms with Crippen molar-refractivity contribution in [3.05, 3.63) is 92.5 Å². The SMILES string of the molecule is COc1ccc(C(O)=C2C(=O)C(=O)N(c3nc4c(C)cc(C)cc4s3)[C@H]2c2cccc(Br)c2)cc1C. The van der Waals surface area contributed by atoms with Crippen LogP contribution in [0, 0.1) is 20.8 Å². The van der Waals surface area contributed by atoms with Gasteiger partial charge >= 0.3 is 5.91 Å². The van der Waals surface area contributed by atoms with E-state index in [9.17, 15) is 14.7 Å². The highest BCUT2D eigenvalue weighted by Gasteiger charge is 2.48. The van der Waals surface area contributed by atoms with E-state index in [-0.39, 0.29) is 11.3 Å². The summed E-state index contributed by atoms with van der Waals surface area (Å²) in [6.07, 6.45) is 0. The van der Waals surface area contributed by atoms with Crippen LogP contribution in [-0.4, -0.2) is 28.9 Å². The van der Waals surface area contributed by atoms with Crippen LogP contribution in [0.4, 0.5) is 5.13 Å². The highest BCUT2D eigenvalue weighted by atomic mass is 79.9. The Morgan fingerprint density at radius 1 is 1.06 bits per heavy atom. The van der Waals surface area contributed by atoms with Crippen molar-refractivity contribution in [2.24, 2.45) is 0 Å². The van der Waals surface area contributed by atoms with E-state index in [1.807, 2.05) is 57.2 Å². The Labute approximate surface area is 221 Å². The number of aromatic nitrogens is 1. The first-order valence-corrected chi connectivity index (χ1v) is 12.9. The third-order valence-corrected chi connectivity index (χ3v) is 7.80. The second kappa shape index (κ2) is 9.19. The number of anilines is 1. The van der Waals surface area contributed by atoms with Crippen LogP contribution in [0.3, 0.4) is 0 Å². The van der Waals surface area contributed by atoms with Gasteiger partial charge in [-0.15, -0.1) is 0 Å². The van der Waals surface area contributed by atoms with E-state index < -0.39 is 17.7 Å². The fourth-order valence-electron chi connectivity index (χ4n) is 4.67. The van der Waals surface area contributed by atoms with Crippen molar-refractivity contribution in [1.29, 1.82) is 0 Å². The van der Waals surface area contributed by atoms with Crippen molar-refractivity contribution >= 4 is 60.1 Å². The van der Waals surface area contributed by atoms with Crippen molar-refractivity contribution in [2.75, 3.05) is 12.0 Å². The molecule has 0 spiro atoms. The molecule has 1 atom stereocenters. The van der Waals surface area contributed by atoms with Gasteiger partial charge in [0.2, 0.25) is 0 Å². The summed E-state index contributed by atoms with van der Waals surface area (Å²) in [4.78, 5) is 33.1. The Balaban J connectivity index is 1.74. The molecule has 182 valence electrons. The molecule has 36 heavy (non-hydrogen) atoms. The van der Waals surface area contributed by atoms with Crippen LogP contribution in [-0.2, 0) is 9.59 Å². The van der Waals surface area contributed by atoms with Gasteiger partial charge in [0.1, 0.15) is 11.5 Å². The largest absolute Gasteiger partial charge is 0.507 e. The van der Waals surface area contributed by atoms with Crippen LogP contribution < -0.4 is 9.64 Å². The van der Waals surface area contributed by atoms with Crippen LogP contribution >= 0.6 is 27.3 Å². The van der Waals surface area contributed by atoms with Gasteiger partial charge < -0.3 is 9.84 Å². The van der Waals surface area contributed by atoms with Crippen molar-refractivity contribution < 1.29 is 19.4 Å². The first-order chi connectivity index (χ1) is 17.2. The monoisotopic (exact) mass is 562 g/mol. The molecule has 0 saturated carbocycles. The van der Waals surface area contributed by atoms with Gasteiger partial charge in [0.05, 0.1) is 28.9 Å². The molecule has 1 aliphatic rings. The van der Waals surface area contributed by atoms with Gasteiger partial charge in [0.25, 0.3) is 5.78 Å². The number of hydrogen-bond acceptors (Lipinski definition) is 6. The standard InChI is InChI=1S/C28H23BrN2O4S/c1-14-10-16(3)23-21(11-14)36-28(30-23)31-24(17-6-5-7-19(29)13-17)22(26(33)27(31)34)25(32)18-8-9-20(35-4)15(2)12-18/h5-13,24,32H,1-4H3/t24-/m0/s1. The molecule has 1 saturated heterocycles. The molecule has 1 N–H and O–H groups in total. The van der Waals surface area contributed by atoms with Crippen LogP contribution in [0.25, 0.3) is 16.0 Å². The van der Waals surface area contributed by atoms with E-state index in [4.69, 9.17) is 9.72 Å². The summed E-state index contributed by atoms with van der Waals surface area (Å²) in [5, 5.41) is 11.8. The molecule has 1 fully saturated rings. The van der Waals surface area contributed by atoms with Gasteiger partial charge in [-0.3, -0.25) is 14.5 Å². The smallest absolute Gasteiger partial charge is 0.301 e. The predicted octanol–water partition coefficient (Wildman–Crippen LogP) is 6.62. The number of Topliss-reactive ketones (excluding diaryl/α,β-unsaturated/α-hetero) is 1. The molecule has 5 rings (SSSR count). The Kier molecular flexibility index (Phi) is 6.18. The first kappa shape index (κ1) is 24.2. The number of amides is 1. The zero-order valence-electron chi connectivity index (χ0n) is 20.1. The molecule has 0 aliphatic carbocycles. The quantitative estimate of drug-likeness (QED) is 0.172. The second-order valence-electron chi connectivity index (χ2n) is 8.83. The Bertz CT molecular complexity index is 1590. The zero-order chi connectivity index (χ0) is 25.7. The van der Waals surface area contributed by atoms with Crippen molar-refractivity contribution in [2.45, 2.75) is 26.8 Å². The average molecular weight is 563 g/mol. The molecule has 0 radical (unpaired) electrons. The lowest BCUT2D eigenvalue weighted by molar-refractivity contribution is -0.132. The summed E-state index contributed by atoms with van der Waals surface area (Å²) in [6.45, 7) is 5.84. The van der Waals surface area contributed by atoms with Gasteiger partial charge in [0, 0.05) is 10.0 Å². The molecule has 3 aromatic carbocycles. The number of halogens is 1.